The van der Waals surface area contributed by atoms with E-state index in [1.54, 1.807) is 6.07 Å². The Morgan fingerprint density at radius 3 is 3.21 bits per heavy atom. The smallest absolute Gasteiger partial charge is 0.255 e. The second-order valence-electron chi connectivity index (χ2n) is 2.42. The van der Waals surface area contributed by atoms with Gasteiger partial charge in [0.25, 0.3) is 5.91 Å². The van der Waals surface area contributed by atoms with Crippen LogP contribution >= 0.6 is 15.9 Å². The highest BCUT2D eigenvalue weighted by molar-refractivity contribution is 9.10. The van der Waals surface area contributed by atoms with Crippen molar-refractivity contribution < 1.29 is 16.4 Å². The van der Waals surface area contributed by atoms with E-state index in [0.717, 1.165) is 0 Å². The Morgan fingerprint density at radius 2 is 2.57 bits per heavy atom. The van der Waals surface area contributed by atoms with Crippen LogP contribution < -0.4 is 10.1 Å². The molecule has 0 fully saturated rings. The second kappa shape index (κ2) is 5.00. The largest absolute Gasteiger partial charge is 0.496 e. The van der Waals surface area contributed by atoms with E-state index in [1.807, 2.05) is 5.32 Å². The van der Waals surface area contributed by atoms with Crippen molar-refractivity contribution in [2.75, 3.05) is 13.6 Å². The molecule has 0 bridgehead atoms. The standard InChI is InChI=1S/C10H12BrNO2/c1-3-12-10(13)8-6-7(11)4-5-9(8)14-2/h4-6H,3H2,1-2H3,(H,12,13)/i1D3,3D2. The quantitative estimate of drug-likeness (QED) is 0.907. The molecule has 0 saturated carbocycles. The lowest BCUT2D eigenvalue weighted by Crippen LogP contribution is -2.23. The Bertz CT molecular complexity index is 489. The van der Waals surface area contributed by atoms with Crippen LogP contribution in [0.2, 0.25) is 0 Å². The van der Waals surface area contributed by atoms with Gasteiger partial charge in [0.1, 0.15) is 5.75 Å². The SMILES string of the molecule is [2H]C([2H])([2H])C([2H])([2H])NC(=O)c1cc(Br)ccc1OC. The number of nitrogens with one attached hydrogen (secondary N) is 1. The van der Waals surface area contributed by atoms with Crippen molar-refractivity contribution in [3.63, 3.8) is 0 Å². The number of hydrogen-bond acceptors (Lipinski definition) is 2. The lowest BCUT2D eigenvalue weighted by Gasteiger charge is -2.08. The van der Waals surface area contributed by atoms with Gasteiger partial charge in [0.05, 0.1) is 12.7 Å². The summed E-state index contributed by atoms with van der Waals surface area (Å²) in [5, 5.41) is 1.85. The first kappa shape index (κ1) is 5.75. The first-order valence-electron chi connectivity index (χ1n) is 6.24. The van der Waals surface area contributed by atoms with Crippen LogP contribution in [0.15, 0.2) is 22.7 Å². The van der Waals surface area contributed by atoms with E-state index in [-0.39, 0.29) is 11.3 Å². The lowest BCUT2D eigenvalue weighted by atomic mass is 10.2. The molecule has 0 heterocycles. The van der Waals surface area contributed by atoms with Crippen molar-refractivity contribution in [2.45, 2.75) is 6.85 Å². The zero-order valence-electron chi connectivity index (χ0n) is 12.4. The molecule has 0 atom stereocenters. The van der Waals surface area contributed by atoms with Gasteiger partial charge in [0.2, 0.25) is 0 Å². The van der Waals surface area contributed by atoms with Gasteiger partial charge >= 0.3 is 0 Å². The summed E-state index contributed by atoms with van der Waals surface area (Å²) in [5.74, 6) is -0.638. The molecule has 0 aliphatic rings. The maximum absolute atomic E-state index is 11.9. The fraction of sp³-hybridized carbons (Fsp3) is 0.300. The number of carbonyl (C=O) groups is 1. The molecular formula is C10H12BrNO2. The molecule has 1 rings (SSSR count). The number of amides is 1. The molecule has 0 aromatic heterocycles. The summed E-state index contributed by atoms with van der Waals surface area (Å²) in [6, 6.07) is 4.59. The van der Waals surface area contributed by atoms with Crippen LogP contribution in [0.1, 0.15) is 24.1 Å². The lowest BCUT2D eigenvalue weighted by molar-refractivity contribution is 0.0952. The van der Waals surface area contributed by atoms with Crippen molar-refractivity contribution in [3.8, 4) is 5.75 Å². The van der Waals surface area contributed by atoms with Crippen molar-refractivity contribution in [1.82, 2.24) is 5.32 Å². The van der Waals surface area contributed by atoms with E-state index in [4.69, 9.17) is 11.6 Å². The highest BCUT2D eigenvalue weighted by Gasteiger charge is 2.11. The fourth-order valence-corrected chi connectivity index (χ4v) is 1.34. The van der Waals surface area contributed by atoms with E-state index >= 15 is 0 Å². The van der Waals surface area contributed by atoms with Gasteiger partial charge < -0.3 is 10.1 Å². The molecule has 0 saturated heterocycles. The Labute approximate surface area is 98.6 Å². The first-order valence-corrected chi connectivity index (χ1v) is 4.54. The Hall–Kier alpha value is -1.03. The molecular weight excluding hydrogens is 246 g/mol. The van der Waals surface area contributed by atoms with Gasteiger partial charge in [-0.1, -0.05) is 15.9 Å². The number of rotatable bonds is 3. The van der Waals surface area contributed by atoms with Gasteiger partial charge in [0, 0.05) is 17.8 Å². The highest BCUT2D eigenvalue weighted by Crippen LogP contribution is 2.22. The number of carbonyl (C=O) groups excluding carboxylic acids is 1. The molecule has 0 unspecified atom stereocenters. The molecule has 3 nitrogen and oxygen atoms in total. The molecule has 1 aromatic rings. The van der Waals surface area contributed by atoms with Gasteiger partial charge in [-0.15, -0.1) is 0 Å². The van der Waals surface area contributed by atoms with Gasteiger partial charge in [-0.2, -0.15) is 0 Å². The van der Waals surface area contributed by atoms with Gasteiger partial charge in [-0.05, 0) is 25.1 Å². The molecule has 76 valence electrons. The monoisotopic (exact) mass is 262 g/mol. The predicted molar refractivity (Wildman–Crippen MR) is 58.7 cm³/mol. The summed E-state index contributed by atoms with van der Waals surface area (Å²) in [4.78, 5) is 11.9. The third-order valence-electron chi connectivity index (χ3n) is 1.58. The van der Waals surface area contributed by atoms with Crippen LogP contribution in [0.3, 0.4) is 0 Å². The molecule has 0 aliphatic carbocycles. The fourth-order valence-electron chi connectivity index (χ4n) is 0.982. The molecule has 0 spiro atoms. The Balaban J connectivity index is 3.05. The van der Waals surface area contributed by atoms with E-state index in [1.165, 1.54) is 19.2 Å². The minimum Gasteiger partial charge on any atom is -0.496 e. The van der Waals surface area contributed by atoms with Crippen molar-refractivity contribution >= 4 is 21.8 Å². The number of methoxy groups -OCH3 is 1. The van der Waals surface area contributed by atoms with Crippen molar-refractivity contribution in [3.05, 3.63) is 28.2 Å². The molecule has 1 aromatic carbocycles. The zero-order chi connectivity index (χ0) is 14.8. The van der Waals surface area contributed by atoms with E-state index < -0.39 is 19.3 Å². The van der Waals surface area contributed by atoms with Crippen molar-refractivity contribution in [1.29, 1.82) is 0 Å². The minimum atomic E-state index is -2.96. The van der Waals surface area contributed by atoms with Crippen molar-refractivity contribution in [2.24, 2.45) is 0 Å². The van der Waals surface area contributed by atoms with Gasteiger partial charge in [-0.25, -0.2) is 0 Å². The van der Waals surface area contributed by atoms with Gasteiger partial charge in [-0.3, -0.25) is 4.79 Å². The molecule has 0 radical (unpaired) electrons. The molecule has 14 heavy (non-hydrogen) atoms. The summed E-state index contributed by atoms with van der Waals surface area (Å²) in [6.45, 7) is -5.78. The second-order valence-corrected chi connectivity index (χ2v) is 3.34. The molecule has 1 amide bonds. The number of halogens is 1. The van der Waals surface area contributed by atoms with Crippen LogP contribution in [0.5, 0.6) is 5.75 Å². The van der Waals surface area contributed by atoms with E-state index in [9.17, 15) is 4.79 Å². The topological polar surface area (TPSA) is 38.3 Å². The third kappa shape index (κ3) is 2.48. The Kier molecular flexibility index (Phi) is 2.06. The van der Waals surface area contributed by atoms with Crippen LogP contribution in [-0.2, 0) is 0 Å². The molecule has 4 heteroatoms. The summed E-state index contributed by atoms with van der Waals surface area (Å²) in [6.07, 6.45) is 0. The maximum atomic E-state index is 11.9. The average molecular weight is 263 g/mol. The molecule has 0 aliphatic heterocycles. The predicted octanol–water partition coefficient (Wildman–Crippen LogP) is 2.21. The minimum absolute atomic E-state index is 0.0463. The van der Waals surface area contributed by atoms with Crippen LogP contribution in [0.25, 0.3) is 0 Å². The highest BCUT2D eigenvalue weighted by atomic mass is 79.9. The number of benzene rings is 1. The Morgan fingerprint density at radius 1 is 1.79 bits per heavy atom. The summed E-state index contributed by atoms with van der Waals surface area (Å²) >= 11 is 3.17. The zero-order valence-corrected chi connectivity index (χ0v) is 9.01. The van der Waals surface area contributed by atoms with E-state index in [2.05, 4.69) is 15.9 Å². The average Bonchev–Trinajstić information content (AvgIpc) is 2.26. The summed E-state index contributed by atoms with van der Waals surface area (Å²) < 4.78 is 41.4. The summed E-state index contributed by atoms with van der Waals surface area (Å²) in [5.41, 5.74) is 0.0463. The summed E-state index contributed by atoms with van der Waals surface area (Å²) in [7, 11) is 1.36. The normalized spacial score (nSPS) is 16.9. The van der Waals surface area contributed by atoms with Crippen LogP contribution in [0.4, 0.5) is 0 Å². The first-order chi connectivity index (χ1) is 8.58. The third-order valence-corrected chi connectivity index (χ3v) is 2.08. The van der Waals surface area contributed by atoms with Crippen LogP contribution in [0, 0.1) is 0 Å². The maximum Gasteiger partial charge on any atom is 0.255 e. The van der Waals surface area contributed by atoms with Gasteiger partial charge in [0.15, 0.2) is 0 Å². The number of hydrogen-bond donors (Lipinski definition) is 1. The number of ether oxygens (including phenoxy) is 1. The van der Waals surface area contributed by atoms with E-state index in [0.29, 0.717) is 4.47 Å². The van der Waals surface area contributed by atoms with Crippen LogP contribution in [-0.4, -0.2) is 19.5 Å². The molecule has 1 N–H and O–H groups in total.